The number of aliphatic hydroxyl groups excluding tert-OH is 3. The number of hydrogen-bond donors (Lipinski definition) is 3. The molecular weight excluding hydrogens is 556 g/mol. The Morgan fingerprint density at radius 2 is 1.14 bits per heavy atom. The van der Waals surface area contributed by atoms with Crippen molar-refractivity contribution in [1.29, 1.82) is 0 Å². The maximum atomic E-state index is 11.6. The van der Waals surface area contributed by atoms with Crippen LogP contribution in [-0.2, 0) is 19.0 Å². The minimum absolute atomic E-state index is 0.0170. The molecule has 256 valence electrons. The lowest BCUT2D eigenvalue weighted by atomic mass is 9.99. The molecule has 7 nitrogen and oxygen atoms in total. The van der Waals surface area contributed by atoms with E-state index in [4.69, 9.17) is 14.2 Å². The van der Waals surface area contributed by atoms with Crippen molar-refractivity contribution >= 4 is 5.97 Å². The van der Waals surface area contributed by atoms with Crippen molar-refractivity contribution in [3.8, 4) is 0 Å². The quantitative estimate of drug-likeness (QED) is 0.0703. The molecule has 0 aromatic heterocycles. The van der Waals surface area contributed by atoms with E-state index in [-0.39, 0.29) is 42.6 Å². The number of carbonyl (C=O) groups is 1. The van der Waals surface area contributed by atoms with Gasteiger partial charge in [-0.05, 0) is 83.6 Å². The Morgan fingerprint density at radius 3 is 1.68 bits per heavy atom. The summed E-state index contributed by atoms with van der Waals surface area (Å²) in [7, 11) is 0. The van der Waals surface area contributed by atoms with Gasteiger partial charge in [0.15, 0.2) is 0 Å². The summed E-state index contributed by atoms with van der Waals surface area (Å²) in [6.07, 6.45) is 25.7. The van der Waals surface area contributed by atoms with E-state index in [1.165, 1.54) is 64.2 Å². The van der Waals surface area contributed by atoms with Crippen molar-refractivity contribution in [1.82, 2.24) is 0 Å². The van der Waals surface area contributed by atoms with Crippen molar-refractivity contribution in [2.45, 2.75) is 217 Å². The summed E-state index contributed by atoms with van der Waals surface area (Å²) in [4.78, 5) is 11.6. The van der Waals surface area contributed by atoms with E-state index >= 15 is 0 Å². The lowest BCUT2D eigenvalue weighted by Gasteiger charge is -2.24. The minimum atomic E-state index is -0.479. The number of hydrogen-bond acceptors (Lipinski definition) is 7. The molecule has 2 fully saturated rings. The highest BCUT2D eigenvalue weighted by Gasteiger charge is 2.40. The summed E-state index contributed by atoms with van der Waals surface area (Å²) < 4.78 is 17.7. The van der Waals surface area contributed by atoms with Gasteiger partial charge in [-0.3, -0.25) is 0 Å². The van der Waals surface area contributed by atoms with Crippen molar-refractivity contribution in [2.24, 2.45) is 0 Å². The smallest absolute Gasteiger partial charge is 0.334 e. The fraction of sp³-hybridized carbons (Fsp3) is 0.919. The van der Waals surface area contributed by atoms with Gasteiger partial charge in [0.1, 0.15) is 6.10 Å². The Hall–Kier alpha value is -0.990. The van der Waals surface area contributed by atoms with E-state index in [2.05, 4.69) is 6.92 Å². The van der Waals surface area contributed by atoms with Crippen LogP contribution in [0, 0.1) is 0 Å². The first kappa shape index (κ1) is 37.5. The molecule has 3 N–H and O–H groups in total. The molecule has 0 saturated carbocycles. The standard InChI is InChI=1S/C37H66O7/c1-3-4-5-15-19-30(38)20-17-22-32(40)34-24-26-36(44-34)35-25-23-33(43-35)31(39)21-16-13-11-9-7-6-8-10-12-14-18-29-27-28(2)42-37(29)41/h27-28,30-36,38-40H,3-26H2,1-2H3/t28-,30-,31+,32-,33+,34+,35?,36+/m0/s1. The van der Waals surface area contributed by atoms with Gasteiger partial charge in [-0.2, -0.15) is 0 Å². The Morgan fingerprint density at radius 1 is 0.659 bits per heavy atom. The van der Waals surface area contributed by atoms with Gasteiger partial charge in [0.05, 0.1) is 42.7 Å². The topological polar surface area (TPSA) is 105 Å². The molecule has 8 atom stereocenters. The van der Waals surface area contributed by atoms with Gasteiger partial charge in [0.25, 0.3) is 0 Å². The number of rotatable bonds is 25. The van der Waals surface area contributed by atoms with Gasteiger partial charge in [0.2, 0.25) is 0 Å². The Balaban J connectivity index is 1.13. The van der Waals surface area contributed by atoms with Crippen LogP contribution in [0.2, 0.25) is 0 Å². The molecule has 1 unspecified atom stereocenters. The molecule has 0 aromatic carbocycles. The number of cyclic esters (lactones) is 1. The SMILES string of the molecule is CCCCCC[C@H](O)CCC[C@H](O)[C@H]1CC[C@H](C2CC[C@H]([C@H](O)CCCCCCCCCCCCC3=C[C@H](C)OC3=O)O2)O1. The lowest BCUT2D eigenvalue weighted by Crippen LogP contribution is -2.33. The van der Waals surface area contributed by atoms with Crippen LogP contribution in [0.4, 0.5) is 0 Å². The summed E-state index contributed by atoms with van der Waals surface area (Å²) in [5.41, 5.74) is 0.863. The molecule has 3 heterocycles. The van der Waals surface area contributed by atoms with E-state index in [1.54, 1.807) is 0 Å². The first-order valence-electron chi connectivity index (χ1n) is 18.6. The zero-order valence-electron chi connectivity index (χ0n) is 28.1. The third-order valence-corrected chi connectivity index (χ3v) is 10.1. The summed E-state index contributed by atoms with van der Waals surface area (Å²) in [5, 5.41) is 31.6. The molecule has 0 aromatic rings. The molecule has 2 saturated heterocycles. The zero-order chi connectivity index (χ0) is 31.6. The predicted molar refractivity (Wildman–Crippen MR) is 175 cm³/mol. The average molecular weight is 623 g/mol. The van der Waals surface area contributed by atoms with Crippen molar-refractivity contribution in [3.05, 3.63) is 11.6 Å². The second-order valence-corrected chi connectivity index (χ2v) is 14.0. The van der Waals surface area contributed by atoms with E-state index in [9.17, 15) is 20.1 Å². The highest BCUT2D eigenvalue weighted by molar-refractivity contribution is 5.90. The molecule has 7 heteroatoms. The molecule has 0 radical (unpaired) electrons. The second kappa shape index (κ2) is 21.7. The van der Waals surface area contributed by atoms with E-state index in [1.807, 2.05) is 13.0 Å². The van der Waals surface area contributed by atoms with E-state index < -0.39 is 12.2 Å². The average Bonchev–Trinajstić information content (AvgIpc) is 3.76. The second-order valence-electron chi connectivity index (χ2n) is 14.0. The molecular formula is C37H66O7. The van der Waals surface area contributed by atoms with Gasteiger partial charge < -0.3 is 29.5 Å². The molecule has 0 bridgehead atoms. The fourth-order valence-electron chi connectivity index (χ4n) is 7.28. The van der Waals surface area contributed by atoms with Gasteiger partial charge >= 0.3 is 5.97 Å². The van der Waals surface area contributed by atoms with Crippen LogP contribution in [0.15, 0.2) is 11.6 Å². The summed E-state index contributed by atoms with van der Waals surface area (Å²) in [6, 6.07) is 0. The molecule has 0 aliphatic carbocycles. The largest absolute Gasteiger partial charge is 0.455 e. The Bertz CT molecular complexity index is 801. The molecule has 0 amide bonds. The summed E-state index contributed by atoms with van der Waals surface area (Å²) in [6.45, 7) is 4.11. The first-order chi connectivity index (χ1) is 21.4. The van der Waals surface area contributed by atoms with E-state index in [0.29, 0.717) is 6.42 Å². The third kappa shape index (κ3) is 14.2. The Kier molecular flexibility index (Phi) is 18.5. The van der Waals surface area contributed by atoms with Gasteiger partial charge in [-0.25, -0.2) is 4.79 Å². The Labute approximate surface area is 268 Å². The number of ether oxygens (including phenoxy) is 3. The number of aliphatic hydroxyl groups is 3. The number of unbranched alkanes of at least 4 members (excludes halogenated alkanes) is 12. The zero-order valence-corrected chi connectivity index (χ0v) is 28.1. The maximum absolute atomic E-state index is 11.6. The van der Waals surface area contributed by atoms with Crippen LogP contribution >= 0.6 is 0 Å². The number of esters is 1. The summed E-state index contributed by atoms with van der Waals surface area (Å²) >= 11 is 0. The van der Waals surface area contributed by atoms with Gasteiger partial charge in [-0.1, -0.05) is 90.4 Å². The minimum Gasteiger partial charge on any atom is -0.455 e. The predicted octanol–water partition coefficient (Wildman–Crippen LogP) is 7.86. The van der Waals surface area contributed by atoms with Crippen LogP contribution in [-0.4, -0.2) is 70.1 Å². The molecule has 3 aliphatic rings. The highest BCUT2D eigenvalue weighted by atomic mass is 16.6. The van der Waals surface area contributed by atoms with Crippen LogP contribution in [0.3, 0.4) is 0 Å². The van der Waals surface area contributed by atoms with Crippen LogP contribution in [0.25, 0.3) is 0 Å². The van der Waals surface area contributed by atoms with Gasteiger partial charge in [-0.15, -0.1) is 0 Å². The highest BCUT2D eigenvalue weighted by Crippen LogP contribution is 2.34. The van der Waals surface area contributed by atoms with Crippen LogP contribution < -0.4 is 0 Å². The first-order valence-corrected chi connectivity index (χ1v) is 18.6. The van der Waals surface area contributed by atoms with E-state index in [0.717, 1.165) is 89.0 Å². The number of carbonyl (C=O) groups excluding carboxylic acids is 1. The van der Waals surface area contributed by atoms with Crippen molar-refractivity contribution in [3.63, 3.8) is 0 Å². The normalized spacial score (nSPS) is 27.4. The van der Waals surface area contributed by atoms with Crippen LogP contribution in [0.1, 0.15) is 168 Å². The molecule has 3 rings (SSSR count). The van der Waals surface area contributed by atoms with Crippen LogP contribution in [0.5, 0.6) is 0 Å². The molecule has 44 heavy (non-hydrogen) atoms. The molecule has 0 spiro atoms. The third-order valence-electron chi connectivity index (χ3n) is 10.1. The maximum Gasteiger partial charge on any atom is 0.334 e. The van der Waals surface area contributed by atoms with Crippen molar-refractivity contribution < 1.29 is 34.3 Å². The molecule has 3 aliphatic heterocycles. The monoisotopic (exact) mass is 622 g/mol. The van der Waals surface area contributed by atoms with Gasteiger partial charge in [0, 0.05) is 5.57 Å². The lowest BCUT2D eigenvalue weighted by molar-refractivity contribution is -0.139. The fourth-order valence-corrected chi connectivity index (χ4v) is 7.28. The van der Waals surface area contributed by atoms with Crippen molar-refractivity contribution in [2.75, 3.05) is 0 Å². The summed E-state index contributed by atoms with van der Waals surface area (Å²) in [5.74, 6) is -0.123.